The molecule has 1 heterocycles. The predicted molar refractivity (Wildman–Crippen MR) is 83.0 cm³/mol. The summed E-state index contributed by atoms with van der Waals surface area (Å²) < 4.78 is 0. The standard InChI is InChI=1S/C15H22Cl2N2/c1-4-15(3)10-19(11(2)8-18-15)9-12-13(16)6-5-7-14(12)17/h5-7,11,18H,4,8-10H2,1-3H3. The van der Waals surface area contributed by atoms with E-state index in [0.717, 1.165) is 41.7 Å². The summed E-state index contributed by atoms with van der Waals surface area (Å²) in [5.74, 6) is 0. The molecular weight excluding hydrogens is 279 g/mol. The van der Waals surface area contributed by atoms with E-state index in [1.54, 1.807) is 0 Å². The van der Waals surface area contributed by atoms with E-state index in [4.69, 9.17) is 23.2 Å². The minimum atomic E-state index is 0.181. The van der Waals surface area contributed by atoms with Crippen molar-refractivity contribution in [2.24, 2.45) is 0 Å². The first kappa shape index (κ1) is 15.1. The summed E-state index contributed by atoms with van der Waals surface area (Å²) in [6, 6.07) is 6.21. The lowest BCUT2D eigenvalue weighted by atomic mass is 9.93. The lowest BCUT2D eigenvalue weighted by Crippen LogP contribution is -2.61. The number of rotatable bonds is 3. The van der Waals surface area contributed by atoms with Crippen molar-refractivity contribution in [1.82, 2.24) is 10.2 Å². The Labute approximate surface area is 126 Å². The molecule has 0 radical (unpaired) electrons. The van der Waals surface area contributed by atoms with Gasteiger partial charge in [-0.2, -0.15) is 0 Å². The maximum absolute atomic E-state index is 6.27. The van der Waals surface area contributed by atoms with Gasteiger partial charge in [0.25, 0.3) is 0 Å². The highest BCUT2D eigenvalue weighted by Gasteiger charge is 2.32. The lowest BCUT2D eigenvalue weighted by Gasteiger charge is -2.45. The molecule has 0 bridgehead atoms. The molecular formula is C15H22Cl2N2. The number of nitrogens with zero attached hydrogens (tertiary/aromatic N) is 1. The summed E-state index contributed by atoms with van der Waals surface area (Å²) >= 11 is 12.5. The van der Waals surface area contributed by atoms with Crippen LogP contribution in [0, 0.1) is 0 Å². The quantitative estimate of drug-likeness (QED) is 0.909. The van der Waals surface area contributed by atoms with Crippen molar-refractivity contribution in [2.45, 2.75) is 45.3 Å². The maximum atomic E-state index is 6.27. The molecule has 1 saturated heterocycles. The third kappa shape index (κ3) is 3.43. The van der Waals surface area contributed by atoms with E-state index in [0.29, 0.717) is 6.04 Å². The molecule has 0 aliphatic carbocycles. The molecule has 0 spiro atoms. The molecule has 2 rings (SSSR count). The van der Waals surface area contributed by atoms with Crippen molar-refractivity contribution < 1.29 is 0 Å². The van der Waals surface area contributed by atoms with Gasteiger partial charge in [0.1, 0.15) is 0 Å². The molecule has 2 nitrogen and oxygen atoms in total. The number of piperazine rings is 1. The maximum Gasteiger partial charge on any atom is 0.0465 e. The number of halogens is 2. The van der Waals surface area contributed by atoms with Crippen LogP contribution in [0.4, 0.5) is 0 Å². The second kappa shape index (κ2) is 6.01. The van der Waals surface area contributed by atoms with E-state index in [-0.39, 0.29) is 5.54 Å². The van der Waals surface area contributed by atoms with E-state index < -0.39 is 0 Å². The summed E-state index contributed by atoms with van der Waals surface area (Å²) in [5, 5.41) is 5.15. The third-order valence-corrected chi connectivity index (χ3v) is 4.91. The fraction of sp³-hybridized carbons (Fsp3) is 0.600. The molecule has 1 aromatic rings. The van der Waals surface area contributed by atoms with Crippen LogP contribution in [0.2, 0.25) is 10.0 Å². The van der Waals surface area contributed by atoms with Crippen molar-refractivity contribution in [3.8, 4) is 0 Å². The molecule has 2 unspecified atom stereocenters. The predicted octanol–water partition coefficient (Wildman–Crippen LogP) is 3.96. The Morgan fingerprint density at radius 3 is 2.58 bits per heavy atom. The summed E-state index contributed by atoms with van der Waals surface area (Å²) in [5.41, 5.74) is 1.22. The van der Waals surface area contributed by atoms with E-state index in [9.17, 15) is 0 Å². The van der Waals surface area contributed by atoms with Gasteiger partial charge in [-0.25, -0.2) is 0 Å². The zero-order chi connectivity index (χ0) is 14.0. The van der Waals surface area contributed by atoms with Gasteiger partial charge < -0.3 is 5.32 Å². The topological polar surface area (TPSA) is 15.3 Å². The molecule has 0 amide bonds. The van der Waals surface area contributed by atoms with Crippen LogP contribution in [-0.4, -0.2) is 29.6 Å². The van der Waals surface area contributed by atoms with Crippen LogP contribution in [0.5, 0.6) is 0 Å². The fourth-order valence-corrected chi connectivity index (χ4v) is 3.04. The highest BCUT2D eigenvalue weighted by Crippen LogP contribution is 2.28. The molecule has 2 atom stereocenters. The van der Waals surface area contributed by atoms with Gasteiger partial charge in [-0.1, -0.05) is 36.2 Å². The number of hydrogen-bond donors (Lipinski definition) is 1. The Morgan fingerprint density at radius 1 is 1.37 bits per heavy atom. The molecule has 0 saturated carbocycles. The Bertz CT molecular complexity index is 430. The smallest absolute Gasteiger partial charge is 0.0465 e. The van der Waals surface area contributed by atoms with Crippen LogP contribution in [0.25, 0.3) is 0 Å². The van der Waals surface area contributed by atoms with Crippen LogP contribution < -0.4 is 5.32 Å². The summed E-state index contributed by atoms with van der Waals surface area (Å²) in [6.45, 7) is 9.59. The third-order valence-electron chi connectivity index (χ3n) is 4.20. The number of benzene rings is 1. The van der Waals surface area contributed by atoms with E-state index in [1.807, 2.05) is 18.2 Å². The SMILES string of the molecule is CCC1(C)CN(Cc2c(Cl)cccc2Cl)C(C)CN1. The molecule has 19 heavy (non-hydrogen) atoms. The Morgan fingerprint density at radius 2 is 2.00 bits per heavy atom. The minimum Gasteiger partial charge on any atom is -0.309 e. The minimum absolute atomic E-state index is 0.181. The molecule has 0 aromatic heterocycles. The van der Waals surface area contributed by atoms with Gasteiger partial charge in [0.15, 0.2) is 0 Å². The number of hydrogen-bond acceptors (Lipinski definition) is 2. The van der Waals surface area contributed by atoms with Crippen molar-refractivity contribution in [1.29, 1.82) is 0 Å². The molecule has 1 aromatic carbocycles. The van der Waals surface area contributed by atoms with Crippen LogP contribution in [0.1, 0.15) is 32.8 Å². The second-order valence-electron chi connectivity index (χ2n) is 5.75. The van der Waals surface area contributed by atoms with Gasteiger partial charge in [0, 0.05) is 46.8 Å². The van der Waals surface area contributed by atoms with Gasteiger partial charge in [-0.05, 0) is 32.4 Å². The summed E-state index contributed by atoms with van der Waals surface area (Å²) in [6.07, 6.45) is 1.12. The first-order valence-electron chi connectivity index (χ1n) is 6.87. The molecule has 1 aliphatic heterocycles. The Hall–Kier alpha value is -0.280. The van der Waals surface area contributed by atoms with Gasteiger partial charge in [0.05, 0.1) is 0 Å². The van der Waals surface area contributed by atoms with Crippen molar-refractivity contribution in [3.63, 3.8) is 0 Å². The van der Waals surface area contributed by atoms with Crippen LogP contribution in [-0.2, 0) is 6.54 Å². The Kier molecular flexibility index (Phi) is 4.78. The van der Waals surface area contributed by atoms with Crippen molar-refractivity contribution in [2.75, 3.05) is 13.1 Å². The zero-order valence-corrected chi connectivity index (χ0v) is 13.4. The first-order valence-corrected chi connectivity index (χ1v) is 7.63. The van der Waals surface area contributed by atoms with Crippen LogP contribution >= 0.6 is 23.2 Å². The van der Waals surface area contributed by atoms with Gasteiger partial charge in [-0.15, -0.1) is 0 Å². The molecule has 4 heteroatoms. The summed E-state index contributed by atoms with van der Waals surface area (Å²) in [7, 11) is 0. The molecule has 1 N–H and O–H groups in total. The average Bonchev–Trinajstić information content (AvgIpc) is 2.38. The highest BCUT2D eigenvalue weighted by molar-refractivity contribution is 6.35. The van der Waals surface area contributed by atoms with E-state index in [2.05, 4.69) is 31.0 Å². The number of nitrogens with one attached hydrogen (secondary N) is 1. The van der Waals surface area contributed by atoms with Crippen LogP contribution in [0.15, 0.2) is 18.2 Å². The lowest BCUT2D eigenvalue weighted by molar-refractivity contribution is 0.0866. The van der Waals surface area contributed by atoms with E-state index in [1.165, 1.54) is 0 Å². The zero-order valence-electron chi connectivity index (χ0n) is 11.8. The molecule has 106 valence electrons. The first-order chi connectivity index (χ1) is 8.95. The van der Waals surface area contributed by atoms with Crippen molar-refractivity contribution >= 4 is 23.2 Å². The van der Waals surface area contributed by atoms with Crippen molar-refractivity contribution in [3.05, 3.63) is 33.8 Å². The van der Waals surface area contributed by atoms with Gasteiger partial charge in [0.2, 0.25) is 0 Å². The van der Waals surface area contributed by atoms with Crippen LogP contribution in [0.3, 0.4) is 0 Å². The largest absolute Gasteiger partial charge is 0.309 e. The molecule has 1 aliphatic rings. The average molecular weight is 301 g/mol. The van der Waals surface area contributed by atoms with Gasteiger partial charge in [-0.3, -0.25) is 4.90 Å². The van der Waals surface area contributed by atoms with E-state index >= 15 is 0 Å². The monoisotopic (exact) mass is 300 g/mol. The summed E-state index contributed by atoms with van der Waals surface area (Å²) in [4.78, 5) is 2.47. The van der Waals surface area contributed by atoms with Gasteiger partial charge >= 0.3 is 0 Å². The fourth-order valence-electron chi connectivity index (χ4n) is 2.52. The normalized spacial score (nSPS) is 28.6. The second-order valence-corrected chi connectivity index (χ2v) is 6.56. The Balaban J connectivity index is 2.17. The molecule has 1 fully saturated rings. The highest BCUT2D eigenvalue weighted by atomic mass is 35.5.